The molecular formula is C22H23FN4O2. The molecule has 0 aliphatic rings. The van der Waals surface area contributed by atoms with Crippen LogP contribution in [-0.2, 0) is 18.3 Å². The van der Waals surface area contributed by atoms with Crippen LogP contribution in [0, 0.1) is 5.82 Å². The Hall–Kier alpha value is -3.19. The summed E-state index contributed by atoms with van der Waals surface area (Å²) in [4.78, 5) is 4.43. The number of fused-ring (bicyclic) bond motifs is 1. The number of aromatic hydroxyl groups is 1. The molecule has 0 atom stereocenters. The summed E-state index contributed by atoms with van der Waals surface area (Å²) in [5.74, 6) is -0.118. The van der Waals surface area contributed by atoms with Gasteiger partial charge in [0.05, 0.1) is 10.9 Å². The van der Waals surface area contributed by atoms with E-state index >= 15 is 0 Å². The van der Waals surface area contributed by atoms with Gasteiger partial charge in [0.2, 0.25) is 5.88 Å². The topological polar surface area (TPSA) is 65.1 Å². The molecule has 0 unspecified atom stereocenters. The van der Waals surface area contributed by atoms with Crippen LogP contribution in [0.4, 0.5) is 4.39 Å². The van der Waals surface area contributed by atoms with E-state index < -0.39 is 0 Å². The van der Waals surface area contributed by atoms with Gasteiger partial charge < -0.3 is 14.4 Å². The molecule has 1 N–H and O–H groups in total. The molecule has 0 radical (unpaired) electrons. The third-order valence-electron chi connectivity index (χ3n) is 4.88. The van der Waals surface area contributed by atoms with Crippen molar-refractivity contribution in [3.8, 4) is 28.3 Å². The summed E-state index contributed by atoms with van der Waals surface area (Å²) in [6, 6.07) is 8.12. The minimum Gasteiger partial charge on any atom is -0.494 e. The average molecular weight is 394 g/mol. The Morgan fingerprint density at radius 3 is 2.66 bits per heavy atom. The predicted molar refractivity (Wildman–Crippen MR) is 110 cm³/mol. The van der Waals surface area contributed by atoms with E-state index in [4.69, 9.17) is 4.74 Å². The fourth-order valence-electron chi connectivity index (χ4n) is 3.55. The van der Waals surface area contributed by atoms with Crippen molar-refractivity contribution in [1.29, 1.82) is 0 Å². The molecule has 4 aromatic rings. The molecule has 0 aliphatic heterocycles. The first-order chi connectivity index (χ1) is 14.1. The van der Waals surface area contributed by atoms with E-state index in [2.05, 4.69) is 10.1 Å². The molecule has 0 bridgehead atoms. The largest absolute Gasteiger partial charge is 0.494 e. The first kappa shape index (κ1) is 19.1. The third-order valence-corrected chi connectivity index (χ3v) is 4.88. The van der Waals surface area contributed by atoms with Crippen molar-refractivity contribution in [3.63, 3.8) is 0 Å². The van der Waals surface area contributed by atoms with Crippen molar-refractivity contribution in [2.75, 3.05) is 13.2 Å². The summed E-state index contributed by atoms with van der Waals surface area (Å²) in [5.41, 5.74) is 3.94. The van der Waals surface area contributed by atoms with Gasteiger partial charge in [-0.05, 0) is 43.7 Å². The van der Waals surface area contributed by atoms with Crippen molar-refractivity contribution < 1.29 is 14.2 Å². The van der Waals surface area contributed by atoms with Gasteiger partial charge in [-0.2, -0.15) is 5.10 Å². The van der Waals surface area contributed by atoms with Crippen LogP contribution in [0.5, 0.6) is 5.88 Å². The summed E-state index contributed by atoms with van der Waals surface area (Å²) in [7, 11) is 1.84. The van der Waals surface area contributed by atoms with Crippen LogP contribution in [0.3, 0.4) is 0 Å². The van der Waals surface area contributed by atoms with Crippen LogP contribution >= 0.6 is 0 Å². The van der Waals surface area contributed by atoms with E-state index in [9.17, 15) is 9.50 Å². The van der Waals surface area contributed by atoms with E-state index in [0.29, 0.717) is 30.7 Å². The van der Waals surface area contributed by atoms with Crippen molar-refractivity contribution in [3.05, 3.63) is 54.7 Å². The zero-order chi connectivity index (χ0) is 20.4. The zero-order valence-corrected chi connectivity index (χ0v) is 16.5. The maximum absolute atomic E-state index is 13.4. The van der Waals surface area contributed by atoms with Crippen LogP contribution in [0.1, 0.15) is 13.3 Å². The summed E-state index contributed by atoms with van der Waals surface area (Å²) < 4.78 is 22.3. The second-order valence-corrected chi connectivity index (χ2v) is 6.89. The van der Waals surface area contributed by atoms with E-state index in [-0.39, 0.29) is 11.7 Å². The van der Waals surface area contributed by atoms with Gasteiger partial charge in [0, 0.05) is 62.1 Å². The number of aryl methyl sites for hydroxylation is 2. The normalized spacial score (nSPS) is 11.4. The summed E-state index contributed by atoms with van der Waals surface area (Å²) in [5, 5.41) is 16.1. The third kappa shape index (κ3) is 3.73. The van der Waals surface area contributed by atoms with Gasteiger partial charge >= 0.3 is 0 Å². The molecule has 4 rings (SSSR count). The lowest BCUT2D eigenvalue weighted by molar-refractivity contribution is 0.141. The maximum Gasteiger partial charge on any atom is 0.201 e. The maximum atomic E-state index is 13.4. The highest BCUT2D eigenvalue weighted by atomic mass is 19.1. The second-order valence-electron chi connectivity index (χ2n) is 6.89. The Kier molecular flexibility index (Phi) is 5.31. The number of pyridine rings is 1. The Bertz CT molecular complexity index is 1130. The molecule has 0 amide bonds. The lowest BCUT2D eigenvalue weighted by atomic mass is 10.00. The zero-order valence-electron chi connectivity index (χ0n) is 16.5. The Balaban J connectivity index is 1.79. The number of aromatic nitrogens is 4. The molecule has 0 fully saturated rings. The molecule has 3 aromatic heterocycles. The minimum absolute atomic E-state index is 0.175. The molecule has 150 valence electrons. The fourth-order valence-corrected chi connectivity index (χ4v) is 3.55. The summed E-state index contributed by atoms with van der Waals surface area (Å²) in [6.45, 7) is 3.92. The highest BCUT2D eigenvalue weighted by molar-refractivity contribution is 6.01. The molecular weight excluding hydrogens is 371 g/mol. The summed E-state index contributed by atoms with van der Waals surface area (Å²) in [6.07, 6.45) is 6.28. The molecule has 29 heavy (non-hydrogen) atoms. The first-order valence-corrected chi connectivity index (χ1v) is 9.63. The quantitative estimate of drug-likeness (QED) is 0.473. The number of hydrogen-bond donors (Lipinski definition) is 1. The SMILES string of the molecule is CCOCCCn1cc2nccc(-c3cn(C)nc3-c3ccc(F)cc3)c2c1O. The fraction of sp³-hybridized carbons (Fsp3) is 0.273. The molecule has 0 saturated heterocycles. The molecule has 7 heteroatoms. The van der Waals surface area contributed by atoms with Crippen molar-refractivity contribution in [2.24, 2.45) is 7.05 Å². The van der Waals surface area contributed by atoms with Crippen LogP contribution < -0.4 is 0 Å². The summed E-state index contributed by atoms with van der Waals surface area (Å²) >= 11 is 0. The smallest absolute Gasteiger partial charge is 0.201 e. The lowest BCUT2D eigenvalue weighted by Gasteiger charge is -2.07. The number of ether oxygens (including phenoxy) is 1. The van der Waals surface area contributed by atoms with E-state index in [1.54, 1.807) is 27.6 Å². The molecule has 0 spiro atoms. The monoisotopic (exact) mass is 394 g/mol. The molecule has 6 nitrogen and oxygen atoms in total. The van der Waals surface area contributed by atoms with Crippen LogP contribution in [0.25, 0.3) is 33.3 Å². The van der Waals surface area contributed by atoms with Crippen molar-refractivity contribution in [1.82, 2.24) is 19.3 Å². The standard InChI is InChI=1S/C22H23FN4O2/c1-3-29-12-4-11-27-14-19-20(22(27)28)17(9-10-24-19)18-13-26(2)25-21(18)15-5-7-16(23)8-6-15/h5-10,13-14,28H,3-4,11-12H2,1-2H3. The number of hydrogen-bond acceptors (Lipinski definition) is 4. The van der Waals surface area contributed by atoms with E-state index in [0.717, 1.165) is 28.8 Å². The van der Waals surface area contributed by atoms with Gasteiger partial charge in [-0.25, -0.2) is 4.39 Å². The highest BCUT2D eigenvalue weighted by Gasteiger charge is 2.19. The first-order valence-electron chi connectivity index (χ1n) is 9.63. The lowest BCUT2D eigenvalue weighted by Crippen LogP contribution is -2.01. The minimum atomic E-state index is -0.292. The van der Waals surface area contributed by atoms with Gasteiger partial charge in [-0.3, -0.25) is 9.67 Å². The van der Waals surface area contributed by atoms with Gasteiger partial charge in [-0.15, -0.1) is 0 Å². The molecule has 0 aliphatic carbocycles. The van der Waals surface area contributed by atoms with Gasteiger partial charge in [0.15, 0.2) is 0 Å². The molecule has 0 saturated carbocycles. The van der Waals surface area contributed by atoms with Crippen LogP contribution in [-0.4, -0.2) is 37.7 Å². The van der Waals surface area contributed by atoms with Crippen molar-refractivity contribution >= 4 is 10.9 Å². The highest BCUT2D eigenvalue weighted by Crippen LogP contribution is 2.39. The van der Waals surface area contributed by atoms with Gasteiger partial charge in [0.25, 0.3) is 0 Å². The Labute approximate surface area is 168 Å². The molecule has 3 heterocycles. The van der Waals surface area contributed by atoms with Gasteiger partial charge in [-0.1, -0.05) is 0 Å². The Morgan fingerprint density at radius 1 is 1.10 bits per heavy atom. The predicted octanol–water partition coefficient (Wildman–Crippen LogP) is 4.38. The van der Waals surface area contributed by atoms with Crippen molar-refractivity contribution in [2.45, 2.75) is 19.9 Å². The second kappa shape index (κ2) is 8.05. The van der Waals surface area contributed by atoms with E-state index in [1.165, 1.54) is 12.1 Å². The number of benzene rings is 1. The number of nitrogens with zero attached hydrogens (tertiary/aromatic N) is 4. The average Bonchev–Trinajstić information content (AvgIpc) is 3.26. The van der Waals surface area contributed by atoms with Crippen LogP contribution in [0.15, 0.2) is 48.9 Å². The van der Waals surface area contributed by atoms with E-state index in [1.807, 2.05) is 32.4 Å². The van der Waals surface area contributed by atoms with Crippen LogP contribution in [0.2, 0.25) is 0 Å². The molecule has 1 aromatic carbocycles. The Morgan fingerprint density at radius 2 is 1.90 bits per heavy atom. The number of rotatable bonds is 7. The number of halogens is 1. The van der Waals surface area contributed by atoms with Gasteiger partial charge in [0.1, 0.15) is 11.5 Å².